The summed E-state index contributed by atoms with van der Waals surface area (Å²) in [4.78, 5) is 0.926. The number of alkyl halides is 2. The van der Waals surface area contributed by atoms with Crippen molar-refractivity contribution >= 4 is 46.5 Å². The molecule has 9 heteroatoms. The molecule has 0 N–H and O–H groups in total. The first kappa shape index (κ1) is 19.6. The van der Waals surface area contributed by atoms with E-state index in [1.165, 1.54) is 11.5 Å². The van der Waals surface area contributed by atoms with Gasteiger partial charge < -0.3 is 4.57 Å². The van der Waals surface area contributed by atoms with Crippen LogP contribution in [-0.4, -0.2) is 40.9 Å². The van der Waals surface area contributed by atoms with E-state index >= 15 is 0 Å². The van der Waals surface area contributed by atoms with Crippen molar-refractivity contribution in [3.63, 3.8) is 0 Å². The molecule has 144 valence electrons. The van der Waals surface area contributed by atoms with Gasteiger partial charge >= 0.3 is 0 Å². The molecule has 1 aliphatic carbocycles. The average Bonchev–Trinajstić information content (AvgIpc) is 3.35. The number of hydrogen-bond acceptors (Lipinski definition) is 6. The van der Waals surface area contributed by atoms with Crippen LogP contribution in [0.5, 0.6) is 0 Å². The van der Waals surface area contributed by atoms with Gasteiger partial charge in [0.2, 0.25) is 0 Å². The fourth-order valence-corrected chi connectivity index (χ4v) is 4.92. The second-order valence-electron chi connectivity index (χ2n) is 6.15. The van der Waals surface area contributed by atoms with Crippen molar-refractivity contribution in [1.82, 2.24) is 24.4 Å². The van der Waals surface area contributed by atoms with Crippen molar-refractivity contribution in [2.75, 3.05) is 5.75 Å². The molecule has 2 aromatic heterocycles. The number of aromatic nitrogens is 5. The van der Waals surface area contributed by atoms with Crippen LogP contribution >= 0.6 is 46.5 Å². The molecule has 1 aromatic carbocycles. The lowest BCUT2D eigenvalue weighted by Crippen LogP contribution is -2.14. The fourth-order valence-electron chi connectivity index (χ4n) is 2.89. The summed E-state index contributed by atoms with van der Waals surface area (Å²) in [5, 5.41) is 13.7. The molecule has 0 amide bonds. The summed E-state index contributed by atoms with van der Waals surface area (Å²) in [7, 11) is 0. The Morgan fingerprint density at radius 2 is 1.93 bits per heavy atom. The Morgan fingerprint density at radius 3 is 2.68 bits per heavy atom. The van der Waals surface area contributed by atoms with Gasteiger partial charge in [-0.05, 0) is 24.0 Å². The van der Waals surface area contributed by atoms with Crippen LogP contribution in [0.25, 0.3) is 22.0 Å². The van der Waals surface area contributed by atoms with E-state index in [0.29, 0.717) is 0 Å². The Labute approximate surface area is 181 Å². The quantitative estimate of drug-likeness (QED) is 0.378. The van der Waals surface area contributed by atoms with Crippen molar-refractivity contribution in [2.24, 2.45) is 0 Å². The van der Waals surface area contributed by atoms with Gasteiger partial charge in [0.15, 0.2) is 11.0 Å². The van der Waals surface area contributed by atoms with Gasteiger partial charge in [0.25, 0.3) is 0 Å². The van der Waals surface area contributed by atoms with E-state index in [4.69, 9.17) is 23.2 Å². The normalized spacial score (nSPS) is 19.0. The zero-order valence-electron chi connectivity index (χ0n) is 15.0. The number of benzene rings is 1. The highest BCUT2D eigenvalue weighted by Gasteiger charge is 2.21. The molecule has 3 aromatic rings. The molecule has 0 saturated heterocycles. The van der Waals surface area contributed by atoms with Gasteiger partial charge in [0, 0.05) is 17.9 Å². The minimum absolute atomic E-state index is 0.156. The zero-order chi connectivity index (χ0) is 19.5. The first-order valence-corrected chi connectivity index (χ1v) is 11.4. The summed E-state index contributed by atoms with van der Waals surface area (Å²) in [5.41, 5.74) is 2.99. The van der Waals surface area contributed by atoms with Crippen LogP contribution in [0.2, 0.25) is 0 Å². The molecule has 0 bridgehead atoms. The summed E-state index contributed by atoms with van der Waals surface area (Å²) in [6.07, 6.45) is 5.96. The van der Waals surface area contributed by atoms with Crippen LogP contribution < -0.4 is 0 Å². The predicted molar refractivity (Wildman–Crippen MR) is 117 cm³/mol. The summed E-state index contributed by atoms with van der Waals surface area (Å²) in [6.45, 7) is 2.84. The number of halogens is 2. The van der Waals surface area contributed by atoms with Gasteiger partial charge in [0.1, 0.15) is 10.6 Å². The molecule has 28 heavy (non-hydrogen) atoms. The maximum atomic E-state index is 6.23. The van der Waals surface area contributed by atoms with E-state index < -0.39 is 0 Å². The SMILES string of the molecule is CCn1c(SCC2=CC(Cl)C(Cl)C=C2)nnc1-c1snnc1-c1ccccc1. The Hall–Kier alpha value is -1.67. The third-order valence-corrected chi connectivity index (χ3v) is 7.01. The van der Waals surface area contributed by atoms with Crippen molar-refractivity contribution in [3.05, 3.63) is 54.1 Å². The number of allylic oxidation sites excluding steroid dienone is 3. The Kier molecular flexibility index (Phi) is 6.16. The second kappa shape index (κ2) is 8.78. The minimum Gasteiger partial charge on any atom is -0.302 e. The summed E-state index contributed by atoms with van der Waals surface area (Å²) >= 11 is 15.3. The predicted octanol–water partition coefficient (Wildman–Crippen LogP) is 5.29. The van der Waals surface area contributed by atoms with E-state index in [1.807, 2.05) is 48.6 Å². The van der Waals surface area contributed by atoms with Crippen LogP contribution in [0.1, 0.15) is 6.92 Å². The number of rotatable bonds is 6. The van der Waals surface area contributed by atoms with E-state index in [9.17, 15) is 0 Å². The third-order valence-electron chi connectivity index (χ3n) is 4.31. The van der Waals surface area contributed by atoms with Gasteiger partial charge in [-0.3, -0.25) is 0 Å². The first-order valence-electron chi connectivity index (χ1n) is 8.78. The molecule has 0 fully saturated rings. The highest BCUT2D eigenvalue weighted by molar-refractivity contribution is 7.99. The monoisotopic (exact) mass is 449 g/mol. The van der Waals surface area contributed by atoms with Crippen LogP contribution in [0, 0.1) is 0 Å². The van der Waals surface area contributed by atoms with Gasteiger partial charge in [-0.25, -0.2) is 0 Å². The number of thioether (sulfide) groups is 1. The zero-order valence-corrected chi connectivity index (χ0v) is 18.1. The molecule has 0 aliphatic heterocycles. The molecule has 0 radical (unpaired) electrons. The minimum atomic E-state index is -0.182. The lowest BCUT2D eigenvalue weighted by Gasteiger charge is -2.15. The van der Waals surface area contributed by atoms with E-state index in [0.717, 1.165) is 45.0 Å². The van der Waals surface area contributed by atoms with Crippen molar-refractivity contribution in [2.45, 2.75) is 29.4 Å². The van der Waals surface area contributed by atoms with Crippen molar-refractivity contribution in [3.8, 4) is 22.0 Å². The van der Waals surface area contributed by atoms with E-state index in [1.54, 1.807) is 11.8 Å². The average molecular weight is 450 g/mol. The lowest BCUT2D eigenvalue weighted by molar-refractivity contribution is 0.688. The van der Waals surface area contributed by atoms with E-state index in [2.05, 4.69) is 31.3 Å². The lowest BCUT2D eigenvalue weighted by atomic mass is 10.1. The molecule has 0 saturated carbocycles. The molecule has 2 heterocycles. The van der Waals surface area contributed by atoms with Crippen molar-refractivity contribution < 1.29 is 0 Å². The second-order valence-corrected chi connectivity index (χ2v) is 8.85. The fraction of sp³-hybridized carbons (Fsp3) is 0.263. The molecular weight excluding hydrogens is 433 g/mol. The molecular formula is C19H17Cl2N5S2. The Bertz CT molecular complexity index is 1010. The molecule has 1 aliphatic rings. The highest BCUT2D eigenvalue weighted by Crippen LogP contribution is 2.34. The van der Waals surface area contributed by atoms with Crippen molar-refractivity contribution in [1.29, 1.82) is 0 Å². The van der Waals surface area contributed by atoms with Crippen LogP contribution in [0.3, 0.4) is 0 Å². The van der Waals surface area contributed by atoms with Crippen LogP contribution in [0.15, 0.2) is 59.3 Å². The highest BCUT2D eigenvalue weighted by atomic mass is 35.5. The molecule has 5 nitrogen and oxygen atoms in total. The number of nitrogens with zero attached hydrogens (tertiary/aromatic N) is 5. The summed E-state index contributed by atoms with van der Waals surface area (Å²) in [5.74, 6) is 1.55. The van der Waals surface area contributed by atoms with Gasteiger partial charge in [-0.2, -0.15) is 0 Å². The largest absolute Gasteiger partial charge is 0.302 e. The van der Waals surface area contributed by atoms with Crippen LogP contribution in [-0.2, 0) is 6.54 Å². The molecule has 0 spiro atoms. The standard InChI is InChI=1S/C19H17Cl2N5S2/c1-2-26-18(17-16(22-25-28-17)13-6-4-3-5-7-13)23-24-19(26)27-11-12-8-9-14(20)15(21)10-12/h3-10,14-15H,2,11H2,1H3. The maximum Gasteiger partial charge on any atom is 0.191 e. The maximum absolute atomic E-state index is 6.23. The van der Waals surface area contributed by atoms with Crippen LogP contribution in [0.4, 0.5) is 0 Å². The molecule has 4 rings (SSSR count). The summed E-state index contributed by atoms with van der Waals surface area (Å²) < 4.78 is 6.25. The van der Waals surface area contributed by atoms with Gasteiger partial charge in [-0.15, -0.1) is 38.5 Å². The van der Waals surface area contributed by atoms with E-state index in [-0.39, 0.29) is 10.8 Å². The summed E-state index contributed by atoms with van der Waals surface area (Å²) in [6, 6.07) is 10.0. The smallest absolute Gasteiger partial charge is 0.191 e. The molecule has 2 atom stereocenters. The van der Waals surface area contributed by atoms with Gasteiger partial charge in [0.05, 0.1) is 10.8 Å². The van der Waals surface area contributed by atoms with Gasteiger partial charge in [-0.1, -0.05) is 64.8 Å². The first-order chi connectivity index (χ1) is 13.7. The number of hydrogen-bond donors (Lipinski definition) is 0. The Balaban J connectivity index is 1.59. The Morgan fingerprint density at radius 1 is 1.11 bits per heavy atom. The third kappa shape index (κ3) is 4.03. The topological polar surface area (TPSA) is 56.5 Å². The molecule has 2 unspecified atom stereocenters.